The highest BCUT2D eigenvalue weighted by atomic mass is 127. The van der Waals surface area contributed by atoms with Crippen molar-refractivity contribution in [3.05, 3.63) is 42.1 Å². The first-order valence-electron chi connectivity index (χ1n) is 5.70. The van der Waals surface area contributed by atoms with Gasteiger partial charge in [0.2, 0.25) is 0 Å². The van der Waals surface area contributed by atoms with Gasteiger partial charge in [-0.2, -0.15) is 0 Å². The third kappa shape index (κ3) is 3.60. The van der Waals surface area contributed by atoms with Crippen LogP contribution in [0.1, 0.15) is 19.0 Å². The zero-order valence-electron chi connectivity index (χ0n) is 10.1. The number of rotatable bonds is 3. The van der Waals surface area contributed by atoms with Crippen LogP contribution in [0.4, 0.5) is 0 Å². The molecular weight excluding hydrogens is 462 g/mol. The zero-order chi connectivity index (χ0) is 14.0. The Morgan fingerprint density at radius 2 is 2.00 bits per heavy atom. The van der Waals surface area contributed by atoms with E-state index < -0.39 is 0 Å². The Morgan fingerprint density at radius 3 is 2.63 bits per heavy atom. The quantitative estimate of drug-likeness (QED) is 0.419. The van der Waals surface area contributed by atoms with E-state index in [0.717, 1.165) is 32.1 Å². The smallest absolute Gasteiger partial charge is 0.162 e. The summed E-state index contributed by atoms with van der Waals surface area (Å²) in [6.45, 7) is 2.12. The number of hydrogen-bond acceptors (Lipinski definition) is 2. The Kier molecular flexibility index (Phi) is 5.45. The maximum Gasteiger partial charge on any atom is 0.162 e. The van der Waals surface area contributed by atoms with Crippen LogP contribution in [0, 0.1) is 3.57 Å². The van der Waals surface area contributed by atoms with E-state index >= 15 is 0 Å². The van der Waals surface area contributed by atoms with Crippen LogP contribution in [-0.4, -0.2) is 9.97 Å². The molecule has 19 heavy (non-hydrogen) atoms. The largest absolute Gasteiger partial charge is 0.232 e. The van der Waals surface area contributed by atoms with Gasteiger partial charge in [-0.1, -0.05) is 36.5 Å². The molecule has 100 valence electrons. The topological polar surface area (TPSA) is 25.8 Å². The SMILES string of the molecule is CCCc1nc(-c2ccc(Cl)cc2Br)nc(Cl)c1I. The summed E-state index contributed by atoms with van der Waals surface area (Å²) in [7, 11) is 0. The number of aryl methyl sites for hydroxylation is 1. The van der Waals surface area contributed by atoms with E-state index in [4.69, 9.17) is 23.2 Å². The van der Waals surface area contributed by atoms with Crippen molar-refractivity contribution >= 4 is 61.7 Å². The number of benzene rings is 1. The molecule has 1 heterocycles. The number of hydrogen-bond donors (Lipinski definition) is 0. The van der Waals surface area contributed by atoms with Gasteiger partial charge in [-0.15, -0.1) is 0 Å². The maximum absolute atomic E-state index is 6.19. The molecule has 1 aromatic heterocycles. The first-order chi connectivity index (χ1) is 9.02. The van der Waals surface area contributed by atoms with Gasteiger partial charge < -0.3 is 0 Å². The Morgan fingerprint density at radius 1 is 1.26 bits per heavy atom. The van der Waals surface area contributed by atoms with Crippen LogP contribution < -0.4 is 0 Å². The lowest BCUT2D eigenvalue weighted by Crippen LogP contribution is -2.01. The van der Waals surface area contributed by atoms with Gasteiger partial charge in [0, 0.05) is 15.1 Å². The second-order valence-electron chi connectivity index (χ2n) is 3.97. The molecule has 0 aliphatic heterocycles. The van der Waals surface area contributed by atoms with Gasteiger partial charge in [0.15, 0.2) is 5.82 Å². The van der Waals surface area contributed by atoms with E-state index in [0.29, 0.717) is 16.0 Å². The Balaban J connectivity index is 2.56. The van der Waals surface area contributed by atoms with E-state index in [2.05, 4.69) is 55.4 Å². The normalized spacial score (nSPS) is 10.8. The molecule has 2 aromatic rings. The average molecular weight is 472 g/mol. The summed E-state index contributed by atoms with van der Waals surface area (Å²) in [5.41, 5.74) is 1.88. The molecule has 0 aliphatic rings. The van der Waals surface area contributed by atoms with E-state index in [-0.39, 0.29) is 0 Å². The number of halogens is 4. The van der Waals surface area contributed by atoms with Gasteiger partial charge in [0.1, 0.15) is 5.15 Å². The van der Waals surface area contributed by atoms with Gasteiger partial charge in [0.05, 0.1) is 9.26 Å². The summed E-state index contributed by atoms with van der Waals surface area (Å²) in [6.07, 6.45) is 1.91. The van der Waals surface area contributed by atoms with Crippen LogP contribution in [0.5, 0.6) is 0 Å². The zero-order valence-corrected chi connectivity index (χ0v) is 15.3. The molecule has 0 aliphatic carbocycles. The fourth-order valence-electron chi connectivity index (χ4n) is 1.66. The first kappa shape index (κ1) is 15.5. The molecule has 0 saturated carbocycles. The fraction of sp³-hybridized carbons (Fsp3) is 0.231. The highest BCUT2D eigenvalue weighted by Gasteiger charge is 2.13. The predicted octanol–water partition coefficient (Wildman–Crippen LogP) is 5.77. The second kappa shape index (κ2) is 6.70. The van der Waals surface area contributed by atoms with Crippen molar-refractivity contribution in [2.75, 3.05) is 0 Å². The molecule has 2 nitrogen and oxygen atoms in total. The molecule has 0 N–H and O–H groups in total. The summed E-state index contributed by atoms with van der Waals surface area (Å²) >= 11 is 17.8. The van der Waals surface area contributed by atoms with Crippen LogP contribution in [0.25, 0.3) is 11.4 Å². The maximum atomic E-state index is 6.19. The molecule has 0 unspecified atom stereocenters. The van der Waals surface area contributed by atoms with Crippen molar-refractivity contribution in [2.45, 2.75) is 19.8 Å². The minimum Gasteiger partial charge on any atom is -0.232 e. The Bertz CT molecular complexity index is 620. The van der Waals surface area contributed by atoms with E-state index in [1.807, 2.05) is 18.2 Å². The van der Waals surface area contributed by atoms with Gasteiger partial charge in [0.25, 0.3) is 0 Å². The van der Waals surface area contributed by atoms with Crippen molar-refractivity contribution < 1.29 is 0 Å². The molecular formula is C13H10BrCl2IN2. The minimum atomic E-state index is 0.496. The Labute approximate surface area is 144 Å². The predicted molar refractivity (Wildman–Crippen MR) is 91.9 cm³/mol. The second-order valence-corrected chi connectivity index (χ2v) is 6.70. The standard InChI is InChI=1S/C13H10BrCl2IN2/c1-2-3-10-11(17)12(16)19-13(18-10)8-5-4-7(15)6-9(8)14/h4-6H,2-3H2,1H3. The molecule has 0 saturated heterocycles. The summed E-state index contributed by atoms with van der Waals surface area (Å²) in [4.78, 5) is 8.96. The molecule has 0 amide bonds. The van der Waals surface area contributed by atoms with Gasteiger partial charge in [-0.25, -0.2) is 9.97 Å². The van der Waals surface area contributed by atoms with Crippen molar-refractivity contribution in [1.29, 1.82) is 0 Å². The molecule has 1 aromatic carbocycles. The van der Waals surface area contributed by atoms with Crippen LogP contribution in [0.15, 0.2) is 22.7 Å². The molecule has 0 atom stereocenters. The highest BCUT2D eigenvalue weighted by Crippen LogP contribution is 2.31. The first-order valence-corrected chi connectivity index (χ1v) is 8.33. The summed E-state index contributed by atoms with van der Waals surface area (Å²) < 4.78 is 1.79. The monoisotopic (exact) mass is 470 g/mol. The summed E-state index contributed by atoms with van der Waals surface area (Å²) in [5, 5.41) is 1.16. The van der Waals surface area contributed by atoms with Crippen molar-refractivity contribution in [3.8, 4) is 11.4 Å². The molecule has 0 bridgehead atoms. The number of aromatic nitrogens is 2. The van der Waals surface area contributed by atoms with Gasteiger partial charge in [-0.3, -0.25) is 0 Å². The summed E-state index contributed by atoms with van der Waals surface area (Å²) in [5.74, 6) is 0.623. The third-order valence-electron chi connectivity index (χ3n) is 2.54. The molecule has 0 fully saturated rings. The fourth-order valence-corrected chi connectivity index (χ4v) is 3.22. The van der Waals surface area contributed by atoms with Gasteiger partial charge >= 0.3 is 0 Å². The molecule has 0 radical (unpaired) electrons. The summed E-state index contributed by atoms with van der Waals surface area (Å²) in [6, 6.07) is 5.53. The van der Waals surface area contributed by atoms with E-state index in [9.17, 15) is 0 Å². The van der Waals surface area contributed by atoms with Crippen LogP contribution in [0.2, 0.25) is 10.2 Å². The lowest BCUT2D eigenvalue weighted by Gasteiger charge is -2.09. The minimum absolute atomic E-state index is 0.496. The van der Waals surface area contributed by atoms with E-state index in [1.54, 1.807) is 0 Å². The third-order valence-corrected chi connectivity index (χ3v) is 5.16. The number of nitrogens with zero attached hydrogens (tertiary/aromatic N) is 2. The highest BCUT2D eigenvalue weighted by molar-refractivity contribution is 14.1. The lowest BCUT2D eigenvalue weighted by atomic mass is 10.2. The Hall–Kier alpha value is 0.0900. The van der Waals surface area contributed by atoms with E-state index in [1.165, 1.54) is 0 Å². The molecule has 0 spiro atoms. The van der Waals surface area contributed by atoms with Crippen molar-refractivity contribution in [3.63, 3.8) is 0 Å². The van der Waals surface area contributed by atoms with Crippen LogP contribution >= 0.6 is 61.7 Å². The lowest BCUT2D eigenvalue weighted by molar-refractivity contribution is 0.867. The molecule has 2 rings (SSSR count). The van der Waals surface area contributed by atoms with Crippen LogP contribution in [0.3, 0.4) is 0 Å². The van der Waals surface area contributed by atoms with Crippen molar-refractivity contribution in [1.82, 2.24) is 9.97 Å². The molecule has 6 heteroatoms. The van der Waals surface area contributed by atoms with Crippen molar-refractivity contribution in [2.24, 2.45) is 0 Å². The average Bonchev–Trinajstić information content (AvgIpc) is 2.35. The van der Waals surface area contributed by atoms with Crippen LogP contribution in [-0.2, 0) is 6.42 Å². The van der Waals surface area contributed by atoms with Gasteiger partial charge in [-0.05, 0) is 63.1 Å².